The second kappa shape index (κ2) is 8.84. The molecule has 0 unspecified atom stereocenters. The van der Waals surface area contributed by atoms with Crippen LogP contribution in [0.5, 0.6) is 0 Å². The van der Waals surface area contributed by atoms with E-state index in [0.29, 0.717) is 48.2 Å². The number of nitrogens with zero attached hydrogens (tertiary/aromatic N) is 4. The monoisotopic (exact) mass is 430 g/mol. The van der Waals surface area contributed by atoms with E-state index in [1.54, 1.807) is 6.07 Å². The van der Waals surface area contributed by atoms with Gasteiger partial charge >= 0.3 is 0 Å². The minimum absolute atomic E-state index is 0.0910. The lowest BCUT2D eigenvalue weighted by Crippen LogP contribution is -2.48. The molecule has 2 aromatic carbocycles. The number of hydrogen-bond donors (Lipinski definition) is 0. The Morgan fingerprint density at radius 1 is 1.03 bits per heavy atom. The third kappa shape index (κ3) is 4.71. The molecular formula is C21H20Cl2N4O2. The Balaban J connectivity index is 1.29. The van der Waals surface area contributed by atoms with Crippen LogP contribution in [0.1, 0.15) is 12.3 Å². The Morgan fingerprint density at radius 3 is 2.59 bits per heavy atom. The van der Waals surface area contributed by atoms with Gasteiger partial charge in [0.25, 0.3) is 0 Å². The summed E-state index contributed by atoms with van der Waals surface area (Å²) in [5, 5.41) is 5.26. The molecule has 4 rings (SSSR count). The summed E-state index contributed by atoms with van der Waals surface area (Å²) >= 11 is 12.2. The highest BCUT2D eigenvalue weighted by molar-refractivity contribution is 6.33. The van der Waals surface area contributed by atoms with Crippen LogP contribution in [0.2, 0.25) is 10.0 Å². The van der Waals surface area contributed by atoms with Crippen LogP contribution in [-0.2, 0) is 11.2 Å². The first-order valence-corrected chi connectivity index (χ1v) is 10.2. The molecule has 0 spiro atoms. The van der Waals surface area contributed by atoms with Crippen LogP contribution in [0, 0.1) is 0 Å². The van der Waals surface area contributed by atoms with Crippen molar-refractivity contribution < 1.29 is 9.32 Å². The zero-order chi connectivity index (χ0) is 20.2. The number of piperazine rings is 1. The molecule has 8 heteroatoms. The number of amides is 1. The molecule has 0 aliphatic carbocycles. The van der Waals surface area contributed by atoms with E-state index in [4.69, 9.17) is 27.7 Å². The molecule has 1 saturated heterocycles. The molecule has 6 nitrogen and oxygen atoms in total. The summed E-state index contributed by atoms with van der Waals surface area (Å²) < 4.78 is 5.29. The van der Waals surface area contributed by atoms with E-state index in [9.17, 15) is 4.79 Å². The summed E-state index contributed by atoms with van der Waals surface area (Å²) in [5.41, 5.74) is 1.80. The lowest BCUT2D eigenvalue weighted by atomic mass is 10.2. The van der Waals surface area contributed by atoms with Crippen molar-refractivity contribution in [2.24, 2.45) is 0 Å². The molecule has 29 heavy (non-hydrogen) atoms. The van der Waals surface area contributed by atoms with E-state index in [2.05, 4.69) is 15.0 Å². The summed E-state index contributed by atoms with van der Waals surface area (Å²) in [6, 6.07) is 15.1. The van der Waals surface area contributed by atoms with Gasteiger partial charge in [-0.2, -0.15) is 4.98 Å². The third-order valence-corrected chi connectivity index (χ3v) is 5.51. The second-order valence-corrected chi connectivity index (χ2v) is 7.68. The number of halogens is 2. The number of carbonyl (C=O) groups excluding carboxylic acids is 1. The number of hydrogen-bond acceptors (Lipinski definition) is 5. The fourth-order valence-corrected chi connectivity index (χ4v) is 3.77. The molecule has 1 aliphatic heterocycles. The largest absolute Gasteiger partial charge is 0.368 e. The number of rotatable bonds is 5. The van der Waals surface area contributed by atoms with Crippen molar-refractivity contribution in [3.63, 3.8) is 0 Å². The zero-order valence-electron chi connectivity index (χ0n) is 15.7. The summed E-state index contributed by atoms with van der Waals surface area (Å²) in [4.78, 5) is 21.1. The number of carbonyl (C=O) groups is 1. The number of aryl methyl sites for hydroxylation is 1. The molecule has 2 heterocycles. The Bertz CT molecular complexity index is 1000. The molecule has 0 bridgehead atoms. The molecule has 1 aromatic heterocycles. The molecule has 0 saturated carbocycles. The van der Waals surface area contributed by atoms with Crippen LogP contribution < -0.4 is 4.90 Å². The van der Waals surface area contributed by atoms with Crippen molar-refractivity contribution in [3.8, 4) is 11.4 Å². The van der Waals surface area contributed by atoms with Crippen molar-refractivity contribution in [2.75, 3.05) is 31.1 Å². The first-order valence-electron chi connectivity index (χ1n) is 9.46. The fraction of sp³-hybridized carbons (Fsp3) is 0.286. The average Bonchev–Trinajstić information content (AvgIpc) is 3.21. The molecule has 3 aromatic rings. The smallest absolute Gasteiger partial charge is 0.227 e. The van der Waals surface area contributed by atoms with Gasteiger partial charge in [-0.05, 0) is 30.3 Å². The summed E-state index contributed by atoms with van der Waals surface area (Å²) in [5.74, 6) is 0.965. The third-order valence-electron chi connectivity index (χ3n) is 4.94. The van der Waals surface area contributed by atoms with E-state index in [1.807, 2.05) is 47.4 Å². The topological polar surface area (TPSA) is 62.5 Å². The van der Waals surface area contributed by atoms with Gasteiger partial charge in [0.05, 0.1) is 5.02 Å². The van der Waals surface area contributed by atoms with Gasteiger partial charge in [-0.3, -0.25) is 4.79 Å². The fourth-order valence-electron chi connectivity index (χ4n) is 3.37. The van der Waals surface area contributed by atoms with Gasteiger partial charge in [0.15, 0.2) is 0 Å². The average molecular weight is 431 g/mol. The summed E-state index contributed by atoms with van der Waals surface area (Å²) in [7, 11) is 0. The maximum absolute atomic E-state index is 12.6. The van der Waals surface area contributed by atoms with E-state index in [-0.39, 0.29) is 5.91 Å². The Hall–Kier alpha value is -2.57. The maximum Gasteiger partial charge on any atom is 0.227 e. The van der Waals surface area contributed by atoms with Crippen LogP contribution in [0.3, 0.4) is 0 Å². The van der Waals surface area contributed by atoms with E-state index < -0.39 is 0 Å². The SMILES string of the molecule is O=C(CCc1nc(-c2ccccc2Cl)no1)N1CCN(c2cccc(Cl)c2)CC1. The van der Waals surface area contributed by atoms with Crippen LogP contribution >= 0.6 is 23.2 Å². The Morgan fingerprint density at radius 2 is 1.83 bits per heavy atom. The van der Waals surface area contributed by atoms with Crippen LogP contribution in [0.25, 0.3) is 11.4 Å². The van der Waals surface area contributed by atoms with Crippen LogP contribution in [-0.4, -0.2) is 47.1 Å². The summed E-state index contributed by atoms with van der Waals surface area (Å²) in [6.45, 7) is 2.92. The van der Waals surface area contributed by atoms with Crippen molar-refractivity contribution in [3.05, 3.63) is 64.5 Å². The predicted molar refractivity (Wildman–Crippen MR) is 113 cm³/mol. The molecule has 0 N–H and O–H groups in total. The summed E-state index contributed by atoms with van der Waals surface area (Å²) in [6.07, 6.45) is 0.742. The molecule has 1 aliphatic rings. The van der Waals surface area contributed by atoms with E-state index in [0.717, 1.165) is 23.8 Å². The normalized spacial score (nSPS) is 14.3. The Kier molecular flexibility index (Phi) is 6.02. The minimum atomic E-state index is 0.0910. The van der Waals surface area contributed by atoms with E-state index >= 15 is 0 Å². The zero-order valence-corrected chi connectivity index (χ0v) is 17.2. The predicted octanol–water partition coefficient (Wildman–Crippen LogP) is 4.32. The maximum atomic E-state index is 12.6. The van der Waals surface area contributed by atoms with Gasteiger partial charge in [-0.1, -0.05) is 46.6 Å². The molecule has 150 valence electrons. The number of anilines is 1. The second-order valence-electron chi connectivity index (χ2n) is 6.84. The van der Waals surface area contributed by atoms with Gasteiger partial charge in [-0.15, -0.1) is 0 Å². The molecular weight excluding hydrogens is 411 g/mol. The van der Waals surface area contributed by atoms with Crippen molar-refractivity contribution in [1.82, 2.24) is 15.0 Å². The van der Waals surface area contributed by atoms with Gasteiger partial charge < -0.3 is 14.3 Å². The van der Waals surface area contributed by atoms with E-state index in [1.165, 1.54) is 0 Å². The minimum Gasteiger partial charge on any atom is -0.368 e. The Labute approximate surface area is 179 Å². The van der Waals surface area contributed by atoms with Crippen molar-refractivity contribution in [1.29, 1.82) is 0 Å². The van der Waals surface area contributed by atoms with Crippen LogP contribution in [0.15, 0.2) is 53.1 Å². The lowest BCUT2D eigenvalue weighted by molar-refractivity contribution is -0.131. The first kappa shape index (κ1) is 19.7. The molecule has 0 atom stereocenters. The number of benzene rings is 2. The highest BCUT2D eigenvalue weighted by Crippen LogP contribution is 2.25. The highest BCUT2D eigenvalue weighted by atomic mass is 35.5. The van der Waals surface area contributed by atoms with Gasteiger partial charge in [0.2, 0.25) is 17.6 Å². The van der Waals surface area contributed by atoms with Crippen molar-refractivity contribution in [2.45, 2.75) is 12.8 Å². The molecule has 0 radical (unpaired) electrons. The highest BCUT2D eigenvalue weighted by Gasteiger charge is 2.22. The first-order chi connectivity index (χ1) is 14.1. The van der Waals surface area contributed by atoms with Gasteiger partial charge in [0.1, 0.15) is 0 Å². The lowest BCUT2D eigenvalue weighted by Gasteiger charge is -2.36. The standard InChI is InChI=1S/C21H20Cl2N4O2/c22-15-4-3-5-16(14-15)26-10-12-27(13-11-26)20(28)9-8-19-24-21(25-29-19)17-6-1-2-7-18(17)23/h1-7,14H,8-13H2. The number of aromatic nitrogens is 2. The molecule has 1 fully saturated rings. The van der Waals surface area contributed by atoms with Gasteiger partial charge in [0, 0.05) is 55.3 Å². The molecule has 1 amide bonds. The quantitative estimate of drug-likeness (QED) is 0.602. The van der Waals surface area contributed by atoms with Crippen LogP contribution in [0.4, 0.5) is 5.69 Å². The van der Waals surface area contributed by atoms with Crippen molar-refractivity contribution >= 4 is 34.8 Å². The van der Waals surface area contributed by atoms with Gasteiger partial charge in [-0.25, -0.2) is 0 Å².